The molecule has 1 heterocycles. The molecule has 0 saturated heterocycles. The predicted octanol–water partition coefficient (Wildman–Crippen LogP) is 3.58. The molecule has 28 heavy (non-hydrogen) atoms. The highest BCUT2D eigenvalue weighted by Gasteiger charge is 2.12. The number of nitrogens with zero attached hydrogens (tertiary/aromatic N) is 2. The smallest absolute Gasteiger partial charge is 0.229 e. The molecule has 7 heteroatoms. The lowest BCUT2D eigenvalue weighted by atomic mass is 10.1. The number of ether oxygens (including phenoxy) is 2. The molecule has 146 valence electrons. The van der Waals surface area contributed by atoms with Gasteiger partial charge in [-0.05, 0) is 42.3 Å². The van der Waals surface area contributed by atoms with Crippen molar-refractivity contribution in [1.29, 1.82) is 0 Å². The van der Waals surface area contributed by atoms with Crippen LogP contribution in [0.25, 0.3) is 0 Å². The molecule has 3 rings (SSSR count). The molecular formula is C21H22FN3O3. The monoisotopic (exact) mass is 383 g/mol. The molecule has 6 nitrogen and oxygen atoms in total. The van der Waals surface area contributed by atoms with Crippen LogP contribution in [0, 0.1) is 12.7 Å². The van der Waals surface area contributed by atoms with Crippen molar-refractivity contribution in [2.45, 2.75) is 19.9 Å². The lowest BCUT2D eigenvalue weighted by Gasteiger charge is -2.11. The SMILES string of the molecule is COc1ccc(CC(=O)Nc2cc(C)nn2Cc2ccc(F)cc2)cc1OC. The van der Waals surface area contributed by atoms with Gasteiger partial charge in [0.2, 0.25) is 5.91 Å². The van der Waals surface area contributed by atoms with E-state index in [1.807, 2.05) is 13.0 Å². The molecule has 0 bridgehead atoms. The van der Waals surface area contributed by atoms with E-state index in [1.54, 1.807) is 49.2 Å². The van der Waals surface area contributed by atoms with Crippen LogP contribution in [0.2, 0.25) is 0 Å². The summed E-state index contributed by atoms with van der Waals surface area (Å²) in [4.78, 5) is 12.5. The topological polar surface area (TPSA) is 65.4 Å². The van der Waals surface area contributed by atoms with Crippen LogP contribution in [0.15, 0.2) is 48.5 Å². The number of carbonyl (C=O) groups excluding carboxylic acids is 1. The Morgan fingerprint density at radius 3 is 2.39 bits per heavy atom. The van der Waals surface area contributed by atoms with Crippen molar-refractivity contribution in [1.82, 2.24) is 9.78 Å². The largest absolute Gasteiger partial charge is 0.493 e. The third-order valence-corrected chi connectivity index (χ3v) is 4.23. The Labute approximate surface area is 162 Å². The van der Waals surface area contributed by atoms with Crippen LogP contribution in [-0.2, 0) is 17.8 Å². The molecule has 1 N–H and O–H groups in total. The zero-order valence-electron chi connectivity index (χ0n) is 16.0. The summed E-state index contributed by atoms with van der Waals surface area (Å²) in [5.41, 5.74) is 2.47. The van der Waals surface area contributed by atoms with Gasteiger partial charge in [0.1, 0.15) is 11.6 Å². The first-order chi connectivity index (χ1) is 13.5. The van der Waals surface area contributed by atoms with E-state index >= 15 is 0 Å². The van der Waals surface area contributed by atoms with Gasteiger partial charge in [0, 0.05) is 6.07 Å². The van der Waals surface area contributed by atoms with Crippen LogP contribution in [0.1, 0.15) is 16.8 Å². The quantitative estimate of drug-likeness (QED) is 0.677. The van der Waals surface area contributed by atoms with Gasteiger partial charge < -0.3 is 14.8 Å². The highest BCUT2D eigenvalue weighted by Crippen LogP contribution is 2.27. The van der Waals surface area contributed by atoms with Crippen molar-refractivity contribution >= 4 is 11.7 Å². The molecule has 3 aromatic rings. The van der Waals surface area contributed by atoms with Gasteiger partial charge in [-0.1, -0.05) is 18.2 Å². The molecule has 0 unspecified atom stereocenters. The van der Waals surface area contributed by atoms with E-state index in [0.717, 1.165) is 16.8 Å². The number of carbonyl (C=O) groups is 1. The van der Waals surface area contributed by atoms with Gasteiger partial charge >= 0.3 is 0 Å². The van der Waals surface area contributed by atoms with Gasteiger partial charge in [0.25, 0.3) is 0 Å². The number of hydrogen-bond acceptors (Lipinski definition) is 4. The molecule has 1 aromatic heterocycles. The van der Waals surface area contributed by atoms with E-state index in [-0.39, 0.29) is 18.1 Å². The molecule has 0 atom stereocenters. The van der Waals surface area contributed by atoms with E-state index < -0.39 is 0 Å². The number of rotatable bonds is 7. The lowest BCUT2D eigenvalue weighted by molar-refractivity contribution is -0.115. The maximum absolute atomic E-state index is 13.1. The first kappa shape index (κ1) is 19.4. The standard InChI is InChI=1S/C21H22FN3O3/c1-14-10-20(25(24-14)13-15-4-7-17(22)8-5-15)23-21(26)12-16-6-9-18(27-2)19(11-16)28-3/h4-11H,12-13H2,1-3H3,(H,23,26). The Balaban J connectivity index is 1.71. The minimum atomic E-state index is -0.288. The second kappa shape index (κ2) is 8.56. The van der Waals surface area contributed by atoms with E-state index in [1.165, 1.54) is 12.1 Å². The molecule has 0 aliphatic rings. The van der Waals surface area contributed by atoms with Gasteiger partial charge in [0.15, 0.2) is 11.5 Å². The molecule has 0 aliphatic heterocycles. The summed E-state index contributed by atoms with van der Waals surface area (Å²) in [6.07, 6.45) is 0.182. The van der Waals surface area contributed by atoms with Gasteiger partial charge in [0.05, 0.1) is 32.9 Å². The Kier molecular flexibility index (Phi) is 5.93. The molecule has 2 aromatic carbocycles. The fourth-order valence-corrected chi connectivity index (χ4v) is 2.89. The van der Waals surface area contributed by atoms with Crippen molar-refractivity contribution in [3.8, 4) is 11.5 Å². The van der Waals surface area contributed by atoms with Crippen LogP contribution in [0.5, 0.6) is 11.5 Å². The van der Waals surface area contributed by atoms with Crippen molar-refractivity contribution in [3.63, 3.8) is 0 Å². The zero-order chi connectivity index (χ0) is 20.1. The summed E-state index contributed by atoms with van der Waals surface area (Å²) < 4.78 is 25.3. The predicted molar refractivity (Wildman–Crippen MR) is 104 cm³/mol. The fourth-order valence-electron chi connectivity index (χ4n) is 2.89. The lowest BCUT2D eigenvalue weighted by Crippen LogP contribution is -2.18. The second-order valence-corrected chi connectivity index (χ2v) is 6.37. The summed E-state index contributed by atoms with van der Waals surface area (Å²) in [7, 11) is 3.12. The molecule has 1 amide bonds. The second-order valence-electron chi connectivity index (χ2n) is 6.37. The van der Waals surface area contributed by atoms with Crippen LogP contribution in [0.3, 0.4) is 0 Å². The maximum Gasteiger partial charge on any atom is 0.229 e. The van der Waals surface area contributed by atoms with Crippen molar-refractivity contribution in [2.24, 2.45) is 0 Å². The normalized spacial score (nSPS) is 10.6. The first-order valence-corrected chi connectivity index (χ1v) is 8.78. The Hall–Kier alpha value is -3.35. The van der Waals surface area contributed by atoms with Crippen molar-refractivity contribution in [3.05, 3.63) is 71.2 Å². The van der Waals surface area contributed by atoms with Crippen LogP contribution in [0.4, 0.5) is 10.2 Å². The van der Waals surface area contributed by atoms with Crippen LogP contribution < -0.4 is 14.8 Å². The summed E-state index contributed by atoms with van der Waals surface area (Å²) in [5, 5.41) is 7.30. The highest BCUT2D eigenvalue weighted by atomic mass is 19.1. The Bertz CT molecular complexity index is 968. The van der Waals surface area contributed by atoms with Gasteiger partial charge in [-0.25, -0.2) is 9.07 Å². The number of hydrogen-bond donors (Lipinski definition) is 1. The number of aryl methyl sites for hydroxylation is 1. The average Bonchev–Trinajstić information content (AvgIpc) is 3.02. The molecular weight excluding hydrogens is 361 g/mol. The van der Waals surface area contributed by atoms with Crippen LogP contribution >= 0.6 is 0 Å². The molecule has 0 fully saturated rings. The molecule has 0 spiro atoms. The summed E-state index contributed by atoms with van der Waals surface area (Å²) >= 11 is 0. The third kappa shape index (κ3) is 4.68. The number of methoxy groups -OCH3 is 2. The van der Waals surface area contributed by atoms with E-state index in [2.05, 4.69) is 10.4 Å². The average molecular weight is 383 g/mol. The van der Waals surface area contributed by atoms with Crippen LogP contribution in [-0.4, -0.2) is 29.9 Å². The molecule has 0 aliphatic carbocycles. The molecule has 0 saturated carbocycles. The minimum Gasteiger partial charge on any atom is -0.493 e. The van der Waals surface area contributed by atoms with E-state index in [4.69, 9.17) is 9.47 Å². The Morgan fingerprint density at radius 1 is 1.04 bits per heavy atom. The number of aromatic nitrogens is 2. The number of nitrogens with one attached hydrogen (secondary N) is 1. The summed E-state index contributed by atoms with van der Waals surface area (Å²) in [6.45, 7) is 2.28. The fraction of sp³-hybridized carbons (Fsp3) is 0.238. The number of amides is 1. The third-order valence-electron chi connectivity index (χ3n) is 4.23. The maximum atomic E-state index is 13.1. The zero-order valence-corrected chi connectivity index (χ0v) is 16.0. The van der Waals surface area contributed by atoms with E-state index in [9.17, 15) is 9.18 Å². The Morgan fingerprint density at radius 2 is 1.71 bits per heavy atom. The summed E-state index contributed by atoms with van der Waals surface area (Å²) in [6, 6.07) is 13.4. The van der Waals surface area contributed by atoms with Gasteiger partial charge in [-0.15, -0.1) is 0 Å². The minimum absolute atomic E-state index is 0.174. The van der Waals surface area contributed by atoms with Crippen molar-refractivity contribution in [2.75, 3.05) is 19.5 Å². The first-order valence-electron chi connectivity index (χ1n) is 8.78. The van der Waals surface area contributed by atoms with Gasteiger partial charge in [-0.2, -0.15) is 5.10 Å². The van der Waals surface area contributed by atoms with Crippen molar-refractivity contribution < 1.29 is 18.7 Å². The number of benzene rings is 2. The number of anilines is 1. The highest BCUT2D eigenvalue weighted by molar-refractivity contribution is 5.91. The van der Waals surface area contributed by atoms with E-state index in [0.29, 0.717) is 23.9 Å². The number of halogens is 1. The molecule has 0 radical (unpaired) electrons. The summed E-state index contributed by atoms with van der Waals surface area (Å²) in [5.74, 6) is 1.31. The van der Waals surface area contributed by atoms with Gasteiger partial charge in [-0.3, -0.25) is 4.79 Å².